The molecule has 20 heavy (non-hydrogen) atoms. The molecule has 3 N–H and O–H groups in total. The summed E-state index contributed by atoms with van der Waals surface area (Å²) in [6, 6.07) is 3.53. The van der Waals surface area contributed by atoms with Crippen molar-refractivity contribution in [2.24, 2.45) is 0 Å². The summed E-state index contributed by atoms with van der Waals surface area (Å²) in [5.74, 6) is 0.787. The predicted molar refractivity (Wildman–Crippen MR) is 76.3 cm³/mol. The number of methoxy groups -OCH3 is 2. The lowest BCUT2D eigenvalue weighted by Crippen LogP contribution is -2.37. The van der Waals surface area contributed by atoms with Crippen LogP contribution in [0.1, 0.15) is 31.2 Å². The lowest BCUT2D eigenvalue weighted by atomic mass is 10.0. The fourth-order valence-electron chi connectivity index (χ4n) is 2.70. The van der Waals surface area contributed by atoms with Crippen LogP contribution in [-0.4, -0.2) is 36.6 Å². The van der Waals surface area contributed by atoms with Crippen LogP contribution >= 0.6 is 0 Å². The standard InChI is InChI=1S/C15H23NO4/c1-19-12-7-11(8-13(20-2)14(12)17)9-16-10-15(18)5-3-4-6-15/h7-8,16-18H,3-6,9-10H2,1-2H3. The van der Waals surface area contributed by atoms with Crippen LogP contribution in [0.4, 0.5) is 0 Å². The largest absolute Gasteiger partial charge is 0.502 e. The van der Waals surface area contributed by atoms with Crippen LogP contribution in [-0.2, 0) is 6.54 Å². The maximum Gasteiger partial charge on any atom is 0.200 e. The molecule has 2 rings (SSSR count). The molecule has 1 aliphatic rings. The van der Waals surface area contributed by atoms with Gasteiger partial charge in [0.15, 0.2) is 11.5 Å². The molecule has 1 aromatic carbocycles. The Kier molecular flexibility index (Phi) is 4.73. The molecular formula is C15H23NO4. The van der Waals surface area contributed by atoms with E-state index in [2.05, 4.69) is 5.32 Å². The van der Waals surface area contributed by atoms with Gasteiger partial charge in [0.2, 0.25) is 5.75 Å². The summed E-state index contributed by atoms with van der Waals surface area (Å²) < 4.78 is 10.2. The van der Waals surface area contributed by atoms with E-state index in [9.17, 15) is 10.2 Å². The molecule has 1 fully saturated rings. The highest BCUT2D eigenvalue weighted by molar-refractivity contribution is 5.52. The van der Waals surface area contributed by atoms with Gasteiger partial charge in [-0.05, 0) is 30.5 Å². The Morgan fingerprint density at radius 2 is 1.70 bits per heavy atom. The number of hydrogen-bond donors (Lipinski definition) is 3. The number of nitrogens with one attached hydrogen (secondary N) is 1. The van der Waals surface area contributed by atoms with E-state index in [1.165, 1.54) is 14.2 Å². The van der Waals surface area contributed by atoms with Crippen LogP contribution in [0.25, 0.3) is 0 Å². The Bertz CT molecular complexity index is 430. The topological polar surface area (TPSA) is 71.0 Å². The first-order valence-corrected chi connectivity index (χ1v) is 6.95. The molecule has 0 heterocycles. The number of phenolic OH excluding ortho intramolecular Hbond substituents is 1. The molecule has 112 valence electrons. The second-order valence-corrected chi connectivity index (χ2v) is 5.38. The van der Waals surface area contributed by atoms with Gasteiger partial charge in [0.25, 0.3) is 0 Å². The van der Waals surface area contributed by atoms with E-state index in [-0.39, 0.29) is 5.75 Å². The summed E-state index contributed by atoms with van der Waals surface area (Å²) in [6.45, 7) is 1.17. The maximum absolute atomic E-state index is 10.3. The minimum Gasteiger partial charge on any atom is -0.502 e. The summed E-state index contributed by atoms with van der Waals surface area (Å²) >= 11 is 0. The minimum absolute atomic E-state index is 0.00757. The molecule has 1 aliphatic carbocycles. The Morgan fingerprint density at radius 1 is 1.15 bits per heavy atom. The number of benzene rings is 1. The van der Waals surface area contributed by atoms with Crippen molar-refractivity contribution in [3.05, 3.63) is 17.7 Å². The van der Waals surface area contributed by atoms with Gasteiger partial charge in [0, 0.05) is 13.1 Å². The van der Waals surface area contributed by atoms with Gasteiger partial charge in [0.05, 0.1) is 19.8 Å². The molecule has 0 radical (unpaired) electrons. The molecule has 0 saturated heterocycles. The molecule has 0 unspecified atom stereocenters. The number of ether oxygens (including phenoxy) is 2. The second-order valence-electron chi connectivity index (χ2n) is 5.38. The van der Waals surface area contributed by atoms with E-state index in [0.29, 0.717) is 24.6 Å². The summed E-state index contributed by atoms with van der Waals surface area (Å²) in [5, 5.41) is 23.4. The third-order valence-electron chi connectivity index (χ3n) is 3.86. The Labute approximate surface area is 119 Å². The van der Waals surface area contributed by atoms with Crippen LogP contribution in [0.5, 0.6) is 17.2 Å². The average molecular weight is 281 g/mol. The molecule has 0 spiro atoms. The Hall–Kier alpha value is -1.46. The van der Waals surface area contributed by atoms with Gasteiger partial charge >= 0.3 is 0 Å². The molecule has 5 nitrogen and oxygen atoms in total. The van der Waals surface area contributed by atoms with E-state index in [1.807, 2.05) is 0 Å². The first-order chi connectivity index (χ1) is 9.58. The quantitative estimate of drug-likeness (QED) is 0.742. The fraction of sp³-hybridized carbons (Fsp3) is 0.600. The third-order valence-corrected chi connectivity index (χ3v) is 3.86. The summed E-state index contributed by atoms with van der Waals surface area (Å²) in [7, 11) is 3.01. The number of aliphatic hydroxyl groups is 1. The van der Waals surface area contributed by atoms with Crippen LogP contribution in [0.3, 0.4) is 0 Å². The summed E-state index contributed by atoms with van der Waals surface area (Å²) in [6.07, 6.45) is 3.92. The normalized spacial score (nSPS) is 17.1. The van der Waals surface area contributed by atoms with Crippen LogP contribution in [0.15, 0.2) is 12.1 Å². The zero-order valence-electron chi connectivity index (χ0n) is 12.1. The molecule has 0 aromatic heterocycles. The van der Waals surface area contributed by atoms with Crippen molar-refractivity contribution >= 4 is 0 Å². The molecule has 1 saturated carbocycles. The highest BCUT2D eigenvalue weighted by atomic mass is 16.5. The highest BCUT2D eigenvalue weighted by Crippen LogP contribution is 2.37. The van der Waals surface area contributed by atoms with Gasteiger partial charge in [-0.2, -0.15) is 0 Å². The predicted octanol–water partition coefficient (Wildman–Crippen LogP) is 1.80. The van der Waals surface area contributed by atoms with E-state index < -0.39 is 5.60 Å². The highest BCUT2D eigenvalue weighted by Gasteiger charge is 2.30. The van der Waals surface area contributed by atoms with E-state index >= 15 is 0 Å². The van der Waals surface area contributed by atoms with Crippen molar-refractivity contribution in [3.8, 4) is 17.2 Å². The maximum atomic E-state index is 10.3. The number of rotatable bonds is 6. The Morgan fingerprint density at radius 3 is 2.20 bits per heavy atom. The van der Waals surface area contributed by atoms with Crippen molar-refractivity contribution in [2.45, 2.75) is 37.8 Å². The monoisotopic (exact) mass is 281 g/mol. The lowest BCUT2D eigenvalue weighted by molar-refractivity contribution is 0.0475. The Balaban J connectivity index is 1.98. The van der Waals surface area contributed by atoms with Crippen LogP contribution in [0, 0.1) is 0 Å². The van der Waals surface area contributed by atoms with Crippen molar-refractivity contribution in [2.75, 3.05) is 20.8 Å². The van der Waals surface area contributed by atoms with E-state index in [0.717, 1.165) is 31.2 Å². The molecule has 0 atom stereocenters. The third kappa shape index (κ3) is 3.35. The molecule has 0 bridgehead atoms. The van der Waals surface area contributed by atoms with Crippen LogP contribution in [0.2, 0.25) is 0 Å². The molecular weight excluding hydrogens is 258 g/mol. The lowest BCUT2D eigenvalue weighted by Gasteiger charge is -2.22. The van der Waals surface area contributed by atoms with Gasteiger partial charge in [-0.1, -0.05) is 12.8 Å². The number of phenols is 1. The van der Waals surface area contributed by atoms with Gasteiger partial charge < -0.3 is 25.0 Å². The van der Waals surface area contributed by atoms with Gasteiger partial charge in [-0.15, -0.1) is 0 Å². The summed E-state index contributed by atoms with van der Waals surface area (Å²) in [5.41, 5.74) is 0.378. The summed E-state index contributed by atoms with van der Waals surface area (Å²) in [4.78, 5) is 0. The van der Waals surface area contributed by atoms with E-state index in [4.69, 9.17) is 9.47 Å². The molecule has 0 aliphatic heterocycles. The van der Waals surface area contributed by atoms with Gasteiger partial charge in [-0.3, -0.25) is 0 Å². The SMILES string of the molecule is COc1cc(CNCC2(O)CCCC2)cc(OC)c1O. The van der Waals surface area contributed by atoms with Crippen LogP contribution < -0.4 is 14.8 Å². The first-order valence-electron chi connectivity index (χ1n) is 6.95. The fourth-order valence-corrected chi connectivity index (χ4v) is 2.70. The zero-order chi connectivity index (χ0) is 14.6. The molecule has 1 aromatic rings. The number of aromatic hydroxyl groups is 1. The van der Waals surface area contributed by atoms with Crippen molar-refractivity contribution in [1.82, 2.24) is 5.32 Å². The van der Waals surface area contributed by atoms with Gasteiger partial charge in [0.1, 0.15) is 0 Å². The van der Waals surface area contributed by atoms with Crippen molar-refractivity contribution in [3.63, 3.8) is 0 Å². The minimum atomic E-state index is -0.564. The molecule has 5 heteroatoms. The average Bonchev–Trinajstić information content (AvgIpc) is 2.87. The first kappa shape index (κ1) is 14.9. The van der Waals surface area contributed by atoms with Crippen molar-refractivity contribution < 1.29 is 19.7 Å². The van der Waals surface area contributed by atoms with Crippen molar-refractivity contribution in [1.29, 1.82) is 0 Å². The van der Waals surface area contributed by atoms with E-state index in [1.54, 1.807) is 12.1 Å². The second kappa shape index (κ2) is 6.33. The molecule has 0 amide bonds. The number of hydrogen-bond acceptors (Lipinski definition) is 5. The van der Waals surface area contributed by atoms with Gasteiger partial charge in [-0.25, -0.2) is 0 Å². The smallest absolute Gasteiger partial charge is 0.200 e. The zero-order valence-corrected chi connectivity index (χ0v) is 12.1.